The zero-order valence-corrected chi connectivity index (χ0v) is 11.0. The molecular formula is C14H14N2O4. The molecule has 1 N–H and O–H groups in total. The fourth-order valence-corrected chi connectivity index (χ4v) is 2.67. The second-order valence-electron chi connectivity index (χ2n) is 4.99. The smallest absolute Gasteiger partial charge is 0.311 e. The molecule has 1 aromatic carbocycles. The van der Waals surface area contributed by atoms with E-state index in [4.69, 9.17) is 0 Å². The van der Waals surface area contributed by atoms with E-state index in [0.29, 0.717) is 13.0 Å². The molecule has 1 fully saturated rings. The summed E-state index contributed by atoms with van der Waals surface area (Å²) in [5.74, 6) is -0.922. The van der Waals surface area contributed by atoms with Gasteiger partial charge in [-0.1, -0.05) is 0 Å². The van der Waals surface area contributed by atoms with Crippen LogP contribution in [-0.4, -0.2) is 31.4 Å². The minimum Gasteiger partial charge on any atom is -0.469 e. The summed E-state index contributed by atoms with van der Waals surface area (Å²) in [6.07, 6.45) is 0.493. The van der Waals surface area contributed by atoms with Crippen LogP contribution in [0.2, 0.25) is 0 Å². The average Bonchev–Trinajstić information content (AvgIpc) is 2.98. The summed E-state index contributed by atoms with van der Waals surface area (Å²) in [5.41, 5.74) is 2.38. The number of hydrogen-bond acceptors (Lipinski definition) is 4. The molecule has 1 saturated heterocycles. The molecule has 1 atom stereocenters. The average molecular weight is 274 g/mol. The van der Waals surface area contributed by atoms with E-state index in [0.717, 1.165) is 16.9 Å². The van der Waals surface area contributed by atoms with E-state index in [-0.39, 0.29) is 24.2 Å². The van der Waals surface area contributed by atoms with Crippen LogP contribution in [0, 0.1) is 5.92 Å². The molecule has 1 aromatic rings. The molecule has 6 heteroatoms. The molecule has 20 heavy (non-hydrogen) atoms. The van der Waals surface area contributed by atoms with Gasteiger partial charge in [-0.2, -0.15) is 0 Å². The van der Waals surface area contributed by atoms with Crippen molar-refractivity contribution >= 4 is 29.2 Å². The minimum absolute atomic E-state index is 0.0441. The third kappa shape index (κ3) is 2.03. The van der Waals surface area contributed by atoms with Crippen LogP contribution in [0.1, 0.15) is 12.0 Å². The van der Waals surface area contributed by atoms with Crippen molar-refractivity contribution in [2.75, 3.05) is 23.9 Å². The molecule has 0 spiro atoms. The van der Waals surface area contributed by atoms with Gasteiger partial charge in [-0.05, 0) is 23.8 Å². The molecule has 1 unspecified atom stereocenters. The molecule has 0 bridgehead atoms. The van der Waals surface area contributed by atoms with Crippen molar-refractivity contribution < 1.29 is 19.1 Å². The van der Waals surface area contributed by atoms with Gasteiger partial charge < -0.3 is 15.0 Å². The molecule has 2 heterocycles. The molecule has 0 aromatic heterocycles. The lowest BCUT2D eigenvalue weighted by molar-refractivity contribution is -0.145. The first-order valence-electron chi connectivity index (χ1n) is 6.39. The first-order valence-corrected chi connectivity index (χ1v) is 6.39. The number of nitrogens with zero attached hydrogens (tertiary/aromatic N) is 1. The van der Waals surface area contributed by atoms with Crippen LogP contribution in [0.25, 0.3) is 0 Å². The van der Waals surface area contributed by atoms with Crippen LogP contribution in [0.4, 0.5) is 11.4 Å². The molecule has 0 aliphatic carbocycles. The number of benzene rings is 1. The van der Waals surface area contributed by atoms with Crippen molar-refractivity contribution in [3.05, 3.63) is 23.8 Å². The predicted molar refractivity (Wildman–Crippen MR) is 71.3 cm³/mol. The predicted octanol–water partition coefficient (Wildman–Crippen LogP) is 0.707. The van der Waals surface area contributed by atoms with Gasteiger partial charge >= 0.3 is 5.97 Å². The summed E-state index contributed by atoms with van der Waals surface area (Å²) in [7, 11) is 1.32. The SMILES string of the molecule is COC(=O)C1CC(=O)N(c2ccc3c(c2)CC(=O)N3)C1. The number of fused-ring (bicyclic) bond motifs is 1. The van der Waals surface area contributed by atoms with Crippen LogP contribution in [0.5, 0.6) is 0 Å². The first-order chi connectivity index (χ1) is 9.58. The van der Waals surface area contributed by atoms with Crippen molar-refractivity contribution in [3.63, 3.8) is 0 Å². The minimum atomic E-state index is -0.416. The first kappa shape index (κ1) is 12.7. The number of methoxy groups -OCH3 is 1. The van der Waals surface area contributed by atoms with Crippen LogP contribution < -0.4 is 10.2 Å². The number of anilines is 2. The fourth-order valence-electron chi connectivity index (χ4n) is 2.67. The van der Waals surface area contributed by atoms with E-state index in [2.05, 4.69) is 10.1 Å². The summed E-state index contributed by atoms with van der Waals surface area (Å²) in [6, 6.07) is 5.39. The van der Waals surface area contributed by atoms with Crippen LogP contribution in [-0.2, 0) is 25.5 Å². The van der Waals surface area contributed by atoms with Crippen molar-refractivity contribution in [3.8, 4) is 0 Å². The number of carbonyl (C=O) groups is 3. The summed E-state index contributed by atoms with van der Waals surface area (Å²) >= 11 is 0. The maximum Gasteiger partial charge on any atom is 0.311 e. The Balaban J connectivity index is 1.84. The third-order valence-electron chi connectivity index (χ3n) is 3.69. The molecule has 6 nitrogen and oxygen atoms in total. The molecule has 2 aliphatic rings. The van der Waals surface area contributed by atoms with E-state index < -0.39 is 5.92 Å². The van der Waals surface area contributed by atoms with E-state index in [1.807, 2.05) is 6.07 Å². The zero-order valence-electron chi connectivity index (χ0n) is 11.0. The quantitative estimate of drug-likeness (QED) is 0.806. The second kappa shape index (κ2) is 4.63. The van der Waals surface area contributed by atoms with Gasteiger partial charge in [-0.25, -0.2) is 0 Å². The zero-order chi connectivity index (χ0) is 14.3. The van der Waals surface area contributed by atoms with Gasteiger partial charge in [0, 0.05) is 24.3 Å². The Morgan fingerprint density at radius 2 is 2.20 bits per heavy atom. The maximum atomic E-state index is 12.0. The topological polar surface area (TPSA) is 75.7 Å². The molecule has 2 aliphatic heterocycles. The Kier molecular flexibility index (Phi) is 2.93. The van der Waals surface area contributed by atoms with Gasteiger partial charge in [0.15, 0.2) is 0 Å². The van der Waals surface area contributed by atoms with Crippen molar-refractivity contribution in [2.45, 2.75) is 12.8 Å². The fraction of sp³-hybridized carbons (Fsp3) is 0.357. The number of ether oxygens (including phenoxy) is 1. The Morgan fingerprint density at radius 1 is 1.40 bits per heavy atom. The number of amides is 2. The Bertz CT molecular complexity index is 611. The highest BCUT2D eigenvalue weighted by Crippen LogP contribution is 2.31. The Labute approximate surface area is 115 Å². The lowest BCUT2D eigenvalue weighted by Crippen LogP contribution is -2.26. The van der Waals surface area contributed by atoms with Crippen LogP contribution in [0.3, 0.4) is 0 Å². The standard InChI is InChI=1S/C14H14N2O4/c1-20-14(19)9-6-13(18)16(7-9)10-2-3-11-8(4-10)5-12(17)15-11/h2-4,9H,5-7H2,1H3,(H,15,17). The molecule has 2 amide bonds. The highest BCUT2D eigenvalue weighted by atomic mass is 16.5. The number of rotatable bonds is 2. The van der Waals surface area contributed by atoms with E-state index in [1.165, 1.54) is 7.11 Å². The summed E-state index contributed by atoms with van der Waals surface area (Å²) < 4.78 is 4.68. The lowest BCUT2D eigenvalue weighted by atomic mass is 10.1. The normalized spacial score (nSPS) is 20.9. The van der Waals surface area contributed by atoms with Crippen LogP contribution >= 0.6 is 0 Å². The van der Waals surface area contributed by atoms with Crippen molar-refractivity contribution in [1.82, 2.24) is 0 Å². The van der Waals surface area contributed by atoms with Crippen molar-refractivity contribution in [2.24, 2.45) is 5.92 Å². The monoisotopic (exact) mass is 274 g/mol. The Hall–Kier alpha value is -2.37. The molecule has 0 radical (unpaired) electrons. The van der Waals surface area contributed by atoms with E-state index in [9.17, 15) is 14.4 Å². The number of hydrogen-bond donors (Lipinski definition) is 1. The number of esters is 1. The van der Waals surface area contributed by atoms with Gasteiger partial charge in [-0.3, -0.25) is 14.4 Å². The summed E-state index contributed by atoms with van der Waals surface area (Å²) in [5, 5.41) is 2.75. The third-order valence-corrected chi connectivity index (χ3v) is 3.69. The van der Waals surface area contributed by atoms with E-state index >= 15 is 0 Å². The number of nitrogens with one attached hydrogen (secondary N) is 1. The molecule has 104 valence electrons. The molecule has 0 saturated carbocycles. The largest absolute Gasteiger partial charge is 0.469 e. The van der Waals surface area contributed by atoms with Crippen LogP contribution in [0.15, 0.2) is 18.2 Å². The maximum absolute atomic E-state index is 12.0. The molecular weight excluding hydrogens is 260 g/mol. The number of carbonyl (C=O) groups excluding carboxylic acids is 3. The van der Waals surface area contributed by atoms with Gasteiger partial charge in [-0.15, -0.1) is 0 Å². The highest BCUT2D eigenvalue weighted by Gasteiger charge is 2.36. The second-order valence-corrected chi connectivity index (χ2v) is 4.99. The lowest BCUT2D eigenvalue weighted by Gasteiger charge is -2.17. The summed E-state index contributed by atoms with van der Waals surface area (Å²) in [6.45, 7) is 0.325. The summed E-state index contributed by atoms with van der Waals surface area (Å²) in [4.78, 5) is 36.4. The van der Waals surface area contributed by atoms with Crippen molar-refractivity contribution in [1.29, 1.82) is 0 Å². The molecule has 3 rings (SSSR count). The van der Waals surface area contributed by atoms with Gasteiger partial charge in [0.05, 0.1) is 19.4 Å². The Morgan fingerprint density at radius 3 is 2.95 bits per heavy atom. The van der Waals surface area contributed by atoms with Gasteiger partial charge in [0.1, 0.15) is 0 Å². The van der Waals surface area contributed by atoms with Gasteiger partial charge in [0.25, 0.3) is 0 Å². The van der Waals surface area contributed by atoms with Gasteiger partial charge in [0.2, 0.25) is 11.8 Å². The highest BCUT2D eigenvalue weighted by molar-refractivity contribution is 6.02. The van der Waals surface area contributed by atoms with E-state index in [1.54, 1.807) is 17.0 Å².